The summed E-state index contributed by atoms with van der Waals surface area (Å²) in [4.78, 5) is 34.4. The van der Waals surface area contributed by atoms with E-state index in [4.69, 9.17) is 16.2 Å². The van der Waals surface area contributed by atoms with Crippen LogP contribution in [0, 0.1) is 0 Å². The molecule has 0 bridgehead atoms. The SMILES string of the molecule is CC(C)(C)OC(=O)CNC(=O)CNC(=O)C(N)CCCN. The number of nitrogens with one attached hydrogen (secondary N) is 2. The number of hydrogen-bond donors (Lipinski definition) is 4. The molecule has 0 aliphatic rings. The summed E-state index contributed by atoms with van der Waals surface area (Å²) in [7, 11) is 0. The Bertz CT molecular complexity index is 366. The molecule has 0 spiro atoms. The molecule has 0 saturated heterocycles. The van der Waals surface area contributed by atoms with Crippen LogP contribution in [0.2, 0.25) is 0 Å². The summed E-state index contributed by atoms with van der Waals surface area (Å²) < 4.78 is 5.02. The monoisotopic (exact) mass is 302 g/mol. The lowest BCUT2D eigenvalue weighted by Gasteiger charge is -2.19. The lowest BCUT2D eigenvalue weighted by molar-refractivity contribution is -0.154. The van der Waals surface area contributed by atoms with Crippen LogP contribution in [0.4, 0.5) is 0 Å². The molecule has 2 amide bonds. The van der Waals surface area contributed by atoms with Crippen LogP contribution in [-0.2, 0) is 19.1 Å². The van der Waals surface area contributed by atoms with Crippen molar-refractivity contribution in [1.29, 1.82) is 0 Å². The van der Waals surface area contributed by atoms with Crippen LogP contribution in [0.3, 0.4) is 0 Å². The second-order valence-corrected chi connectivity index (χ2v) is 5.62. The number of carbonyl (C=O) groups excluding carboxylic acids is 3. The lowest BCUT2D eigenvalue weighted by Crippen LogP contribution is -2.46. The zero-order valence-electron chi connectivity index (χ0n) is 12.9. The van der Waals surface area contributed by atoms with Crippen molar-refractivity contribution in [2.45, 2.75) is 45.3 Å². The van der Waals surface area contributed by atoms with E-state index in [0.717, 1.165) is 0 Å². The zero-order chi connectivity index (χ0) is 16.5. The van der Waals surface area contributed by atoms with E-state index in [1.165, 1.54) is 0 Å². The van der Waals surface area contributed by atoms with Gasteiger partial charge in [-0.25, -0.2) is 0 Å². The second kappa shape index (κ2) is 9.30. The summed E-state index contributed by atoms with van der Waals surface area (Å²) >= 11 is 0. The van der Waals surface area contributed by atoms with Crippen LogP contribution in [0.1, 0.15) is 33.6 Å². The van der Waals surface area contributed by atoms with Crippen LogP contribution in [0.5, 0.6) is 0 Å². The van der Waals surface area contributed by atoms with Gasteiger partial charge in [0.05, 0.1) is 12.6 Å². The first-order valence-electron chi connectivity index (χ1n) is 6.87. The second-order valence-electron chi connectivity index (χ2n) is 5.62. The molecule has 6 N–H and O–H groups in total. The van der Waals surface area contributed by atoms with Crippen LogP contribution >= 0.6 is 0 Å². The van der Waals surface area contributed by atoms with E-state index in [2.05, 4.69) is 10.6 Å². The molecule has 8 nitrogen and oxygen atoms in total. The highest BCUT2D eigenvalue weighted by molar-refractivity contribution is 5.88. The molecule has 1 unspecified atom stereocenters. The Morgan fingerprint density at radius 1 is 1.14 bits per heavy atom. The first kappa shape index (κ1) is 19.3. The van der Waals surface area contributed by atoms with Gasteiger partial charge in [0.1, 0.15) is 12.1 Å². The smallest absolute Gasteiger partial charge is 0.325 e. The molecule has 0 aromatic carbocycles. The molecule has 0 aromatic heterocycles. The maximum Gasteiger partial charge on any atom is 0.325 e. The Morgan fingerprint density at radius 3 is 2.29 bits per heavy atom. The molecule has 0 rings (SSSR count). The van der Waals surface area contributed by atoms with E-state index in [1.807, 2.05) is 0 Å². The maximum atomic E-state index is 11.5. The minimum atomic E-state index is -0.688. The fraction of sp³-hybridized carbons (Fsp3) is 0.769. The van der Waals surface area contributed by atoms with Crippen molar-refractivity contribution in [3.8, 4) is 0 Å². The number of ether oxygens (including phenoxy) is 1. The van der Waals surface area contributed by atoms with Crippen molar-refractivity contribution in [2.75, 3.05) is 19.6 Å². The molecular weight excluding hydrogens is 276 g/mol. The Labute approximate surface area is 124 Å². The summed E-state index contributed by atoms with van der Waals surface area (Å²) in [5.74, 6) is -1.45. The number of nitrogens with two attached hydrogens (primary N) is 2. The van der Waals surface area contributed by atoms with Crippen LogP contribution < -0.4 is 22.1 Å². The van der Waals surface area contributed by atoms with Gasteiger partial charge < -0.3 is 26.8 Å². The zero-order valence-corrected chi connectivity index (χ0v) is 12.9. The Hall–Kier alpha value is -1.67. The first-order chi connectivity index (χ1) is 9.65. The molecule has 0 heterocycles. The summed E-state index contributed by atoms with van der Waals surface area (Å²) in [5, 5.41) is 4.75. The minimum Gasteiger partial charge on any atom is -0.459 e. The molecule has 0 fully saturated rings. The number of hydrogen-bond acceptors (Lipinski definition) is 6. The van der Waals surface area contributed by atoms with E-state index in [1.54, 1.807) is 20.8 Å². The van der Waals surface area contributed by atoms with Gasteiger partial charge in [-0.3, -0.25) is 14.4 Å². The predicted molar refractivity (Wildman–Crippen MR) is 78.1 cm³/mol. The highest BCUT2D eigenvalue weighted by atomic mass is 16.6. The van der Waals surface area contributed by atoms with Crippen molar-refractivity contribution in [3.05, 3.63) is 0 Å². The normalized spacial score (nSPS) is 12.4. The van der Waals surface area contributed by atoms with Crippen molar-refractivity contribution in [1.82, 2.24) is 10.6 Å². The van der Waals surface area contributed by atoms with Crippen molar-refractivity contribution >= 4 is 17.8 Å². The Balaban J connectivity index is 3.90. The quantitative estimate of drug-likeness (QED) is 0.408. The van der Waals surface area contributed by atoms with E-state index in [0.29, 0.717) is 19.4 Å². The minimum absolute atomic E-state index is 0.238. The maximum absolute atomic E-state index is 11.5. The average Bonchev–Trinajstić information content (AvgIpc) is 2.37. The van der Waals surface area contributed by atoms with Gasteiger partial charge in [-0.1, -0.05) is 0 Å². The molecule has 122 valence electrons. The number of esters is 1. The summed E-state index contributed by atoms with van der Waals surface area (Å²) in [5.41, 5.74) is 10.3. The summed E-state index contributed by atoms with van der Waals surface area (Å²) in [6.07, 6.45) is 1.10. The fourth-order valence-electron chi connectivity index (χ4n) is 1.38. The molecule has 0 saturated carbocycles. The largest absolute Gasteiger partial charge is 0.459 e. The van der Waals surface area contributed by atoms with Crippen LogP contribution in [0.15, 0.2) is 0 Å². The van der Waals surface area contributed by atoms with Gasteiger partial charge in [0.2, 0.25) is 11.8 Å². The van der Waals surface area contributed by atoms with Gasteiger partial charge in [-0.05, 0) is 40.2 Å². The van der Waals surface area contributed by atoms with E-state index < -0.39 is 29.4 Å². The van der Waals surface area contributed by atoms with Crippen molar-refractivity contribution < 1.29 is 19.1 Å². The van der Waals surface area contributed by atoms with Gasteiger partial charge in [0, 0.05) is 0 Å². The average molecular weight is 302 g/mol. The lowest BCUT2D eigenvalue weighted by atomic mass is 10.1. The molecule has 0 aromatic rings. The standard InChI is InChI=1S/C13H26N4O4/c1-13(2,3)21-11(19)8-16-10(18)7-17-12(20)9(15)5-4-6-14/h9H,4-8,14-15H2,1-3H3,(H,16,18)(H,17,20). The Morgan fingerprint density at radius 2 is 1.76 bits per heavy atom. The summed E-state index contributed by atoms with van der Waals surface area (Å²) in [6, 6.07) is -0.688. The van der Waals surface area contributed by atoms with Crippen LogP contribution in [0.25, 0.3) is 0 Å². The van der Waals surface area contributed by atoms with Gasteiger partial charge >= 0.3 is 5.97 Å². The van der Waals surface area contributed by atoms with E-state index in [9.17, 15) is 14.4 Å². The highest BCUT2D eigenvalue weighted by Gasteiger charge is 2.17. The van der Waals surface area contributed by atoms with Gasteiger partial charge in [0.15, 0.2) is 0 Å². The molecule has 1 atom stereocenters. The van der Waals surface area contributed by atoms with Gasteiger partial charge in [-0.15, -0.1) is 0 Å². The van der Waals surface area contributed by atoms with Gasteiger partial charge in [0.25, 0.3) is 0 Å². The topological polar surface area (TPSA) is 137 Å². The number of rotatable bonds is 8. The molecule has 8 heteroatoms. The highest BCUT2D eigenvalue weighted by Crippen LogP contribution is 2.05. The third kappa shape index (κ3) is 10.7. The Kier molecular flexibility index (Phi) is 8.56. The van der Waals surface area contributed by atoms with E-state index >= 15 is 0 Å². The van der Waals surface area contributed by atoms with E-state index in [-0.39, 0.29) is 13.1 Å². The molecule has 0 radical (unpaired) electrons. The fourth-order valence-corrected chi connectivity index (χ4v) is 1.38. The molecular formula is C13H26N4O4. The third-order valence-corrected chi connectivity index (χ3v) is 2.33. The van der Waals surface area contributed by atoms with Crippen molar-refractivity contribution in [2.24, 2.45) is 11.5 Å². The number of carbonyl (C=O) groups is 3. The van der Waals surface area contributed by atoms with Gasteiger partial charge in [-0.2, -0.15) is 0 Å². The van der Waals surface area contributed by atoms with Crippen molar-refractivity contribution in [3.63, 3.8) is 0 Å². The predicted octanol–water partition coefficient (Wildman–Crippen LogP) is -1.37. The van der Waals surface area contributed by atoms with Crippen LogP contribution in [-0.4, -0.2) is 49.1 Å². The first-order valence-corrected chi connectivity index (χ1v) is 6.87. The molecule has 0 aliphatic heterocycles. The summed E-state index contributed by atoms with van der Waals surface area (Å²) in [6.45, 7) is 5.17. The molecule has 21 heavy (non-hydrogen) atoms. The third-order valence-electron chi connectivity index (χ3n) is 2.33. The number of amides is 2. The molecule has 0 aliphatic carbocycles.